The molecule has 0 spiro atoms. The van der Waals surface area contributed by atoms with Gasteiger partial charge in [0.1, 0.15) is 17.0 Å². The quantitative estimate of drug-likeness (QED) is 0.647. The van der Waals surface area contributed by atoms with Crippen LogP contribution in [0.5, 0.6) is 5.75 Å². The maximum Gasteiger partial charge on any atom is 0.223 e. The minimum atomic E-state index is -0.416. The second-order valence-corrected chi connectivity index (χ2v) is 6.16. The van der Waals surface area contributed by atoms with Crippen molar-refractivity contribution in [1.29, 1.82) is 5.26 Å². The molecule has 0 saturated heterocycles. The molecule has 1 unspecified atom stereocenters. The molecular formula is C17H17N3O2. The van der Waals surface area contributed by atoms with E-state index in [-0.39, 0.29) is 5.92 Å². The Labute approximate surface area is 129 Å². The largest absolute Gasteiger partial charge is 0.618 e. The number of benzene rings is 1. The fourth-order valence-electron chi connectivity index (χ4n) is 3.04. The molecule has 0 bridgehead atoms. The number of rotatable bonds is 1. The van der Waals surface area contributed by atoms with Crippen LogP contribution in [-0.4, -0.2) is 5.60 Å². The molecule has 2 heterocycles. The van der Waals surface area contributed by atoms with Crippen LogP contribution in [0.3, 0.4) is 0 Å². The van der Waals surface area contributed by atoms with E-state index in [2.05, 4.69) is 6.07 Å². The normalized spacial score (nSPS) is 18.9. The molecule has 1 atom stereocenters. The summed E-state index contributed by atoms with van der Waals surface area (Å²) in [6.45, 7) is 3.96. The van der Waals surface area contributed by atoms with E-state index in [1.54, 1.807) is 30.3 Å². The molecule has 0 radical (unpaired) electrons. The molecule has 1 aliphatic heterocycles. The van der Waals surface area contributed by atoms with E-state index in [4.69, 9.17) is 15.7 Å². The van der Waals surface area contributed by atoms with Gasteiger partial charge in [0.2, 0.25) is 5.69 Å². The monoisotopic (exact) mass is 295 g/mol. The van der Waals surface area contributed by atoms with Crippen molar-refractivity contribution in [1.82, 2.24) is 0 Å². The summed E-state index contributed by atoms with van der Waals surface area (Å²) in [4.78, 5) is 0. The summed E-state index contributed by atoms with van der Waals surface area (Å²) in [6, 6.07) is 10.8. The zero-order valence-electron chi connectivity index (χ0n) is 12.5. The predicted octanol–water partition coefficient (Wildman–Crippen LogP) is 2.47. The standard InChI is InChI=1S/C17H17N3O2/c1-17(2)9-13(16-14(19)4-3-7-20(16)21)12-8-11(10-18)5-6-15(12)22-17/h3-8,13H,9,19H2,1-2H3. The number of nitriles is 1. The fourth-order valence-corrected chi connectivity index (χ4v) is 3.04. The lowest BCUT2D eigenvalue weighted by molar-refractivity contribution is -0.614. The highest BCUT2D eigenvalue weighted by molar-refractivity contribution is 5.52. The van der Waals surface area contributed by atoms with Gasteiger partial charge in [-0.2, -0.15) is 9.99 Å². The van der Waals surface area contributed by atoms with Gasteiger partial charge in [0.05, 0.1) is 17.6 Å². The Morgan fingerprint density at radius 1 is 1.41 bits per heavy atom. The first-order valence-electron chi connectivity index (χ1n) is 7.12. The topological polar surface area (TPSA) is 86.0 Å². The van der Waals surface area contributed by atoms with E-state index in [0.29, 0.717) is 29.1 Å². The van der Waals surface area contributed by atoms with Crippen molar-refractivity contribution in [3.8, 4) is 11.8 Å². The number of nitrogens with two attached hydrogens (primary N) is 1. The van der Waals surface area contributed by atoms with Crippen LogP contribution in [0.25, 0.3) is 0 Å². The van der Waals surface area contributed by atoms with E-state index in [1.807, 2.05) is 13.8 Å². The van der Waals surface area contributed by atoms with Crippen molar-refractivity contribution in [3.63, 3.8) is 0 Å². The van der Waals surface area contributed by atoms with Gasteiger partial charge in [-0.25, -0.2) is 0 Å². The molecule has 0 fully saturated rings. The van der Waals surface area contributed by atoms with Gasteiger partial charge in [-0.1, -0.05) is 0 Å². The Kier molecular flexibility index (Phi) is 3.18. The Bertz CT molecular complexity index is 758. The second kappa shape index (κ2) is 4.92. The van der Waals surface area contributed by atoms with Gasteiger partial charge in [0.15, 0.2) is 6.20 Å². The molecule has 0 amide bonds. The minimum Gasteiger partial charge on any atom is -0.618 e. The molecule has 3 rings (SSSR count). The van der Waals surface area contributed by atoms with Crippen LogP contribution in [0.1, 0.15) is 43.0 Å². The summed E-state index contributed by atoms with van der Waals surface area (Å²) >= 11 is 0. The number of fused-ring (bicyclic) bond motifs is 1. The number of aromatic nitrogens is 1. The van der Waals surface area contributed by atoms with Crippen molar-refractivity contribution in [2.75, 3.05) is 5.73 Å². The summed E-state index contributed by atoms with van der Waals surface area (Å²) in [7, 11) is 0. The summed E-state index contributed by atoms with van der Waals surface area (Å²) < 4.78 is 6.80. The van der Waals surface area contributed by atoms with Crippen molar-refractivity contribution >= 4 is 5.69 Å². The van der Waals surface area contributed by atoms with Gasteiger partial charge in [-0.05, 0) is 38.1 Å². The molecule has 22 heavy (non-hydrogen) atoms. The third-order valence-corrected chi connectivity index (χ3v) is 3.96. The lowest BCUT2D eigenvalue weighted by Crippen LogP contribution is -2.41. The highest BCUT2D eigenvalue weighted by Crippen LogP contribution is 2.44. The molecular weight excluding hydrogens is 278 g/mol. The van der Waals surface area contributed by atoms with Crippen LogP contribution in [0.4, 0.5) is 5.69 Å². The molecule has 112 valence electrons. The van der Waals surface area contributed by atoms with Crippen LogP contribution in [0.15, 0.2) is 36.5 Å². The molecule has 1 aromatic heterocycles. The Balaban J connectivity index is 2.22. The van der Waals surface area contributed by atoms with E-state index < -0.39 is 5.60 Å². The summed E-state index contributed by atoms with van der Waals surface area (Å²) in [5.41, 5.74) is 7.96. The maximum absolute atomic E-state index is 12.2. The number of ether oxygens (including phenoxy) is 1. The van der Waals surface area contributed by atoms with Crippen molar-refractivity contribution in [2.45, 2.75) is 31.8 Å². The molecule has 5 nitrogen and oxygen atoms in total. The number of hydrogen-bond donors (Lipinski definition) is 1. The third-order valence-electron chi connectivity index (χ3n) is 3.96. The van der Waals surface area contributed by atoms with Crippen LogP contribution in [0, 0.1) is 16.5 Å². The zero-order valence-corrected chi connectivity index (χ0v) is 12.5. The van der Waals surface area contributed by atoms with Crippen LogP contribution in [-0.2, 0) is 0 Å². The summed E-state index contributed by atoms with van der Waals surface area (Å²) in [5.74, 6) is 0.495. The molecule has 2 N–H and O–H groups in total. The molecule has 2 aromatic rings. The van der Waals surface area contributed by atoms with Crippen LogP contribution < -0.4 is 15.2 Å². The predicted molar refractivity (Wildman–Crippen MR) is 82.1 cm³/mol. The first kappa shape index (κ1) is 14.2. The van der Waals surface area contributed by atoms with E-state index in [0.717, 1.165) is 10.3 Å². The minimum absolute atomic E-state index is 0.203. The van der Waals surface area contributed by atoms with Gasteiger partial charge in [-0.15, -0.1) is 0 Å². The Hall–Kier alpha value is -2.74. The molecule has 0 saturated carbocycles. The fraction of sp³-hybridized carbons (Fsp3) is 0.294. The van der Waals surface area contributed by atoms with E-state index in [9.17, 15) is 5.21 Å². The molecule has 1 aliphatic rings. The van der Waals surface area contributed by atoms with Crippen molar-refractivity contribution < 1.29 is 9.47 Å². The molecule has 1 aromatic carbocycles. The number of anilines is 1. The Morgan fingerprint density at radius 2 is 2.18 bits per heavy atom. The number of hydrogen-bond acceptors (Lipinski definition) is 4. The van der Waals surface area contributed by atoms with Crippen LogP contribution >= 0.6 is 0 Å². The maximum atomic E-state index is 12.2. The van der Waals surface area contributed by atoms with Crippen molar-refractivity contribution in [3.05, 3.63) is 58.6 Å². The second-order valence-electron chi connectivity index (χ2n) is 6.16. The first-order chi connectivity index (χ1) is 10.4. The van der Waals surface area contributed by atoms with Gasteiger partial charge in [0.25, 0.3) is 0 Å². The summed E-state index contributed by atoms with van der Waals surface area (Å²) in [6.07, 6.45) is 2.06. The van der Waals surface area contributed by atoms with E-state index in [1.165, 1.54) is 6.20 Å². The average Bonchev–Trinajstić information content (AvgIpc) is 2.45. The number of pyridine rings is 1. The SMILES string of the molecule is CC1(C)CC(c2c(N)ccc[n+]2[O-])c2cc(C#N)ccc2O1. The number of nitrogens with zero attached hydrogens (tertiary/aromatic N) is 2. The molecule has 0 aliphatic carbocycles. The average molecular weight is 295 g/mol. The van der Waals surface area contributed by atoms with Gasteiger partial charge in [0, 0.05) is 18.1 Å². The van der Waals surface area contributed by atoms with Gasteiger partial charge < -0.3 is 15.7 Å². The first-order valence-corrected chi connectivity index (χ1v) is 7.12. The van der Waals surface area contributed by atoms with Crippen LogP contribution in [0.2, 0.25) is 0 Å². The Morgan fingerprint density at radius 3 is 2.86 bits per heavy atom. The van der Waals surface area contributed by atoms with Gasteiger partial charge >= 0.3 is 0 Å². The van der Waals surface area contributed by atoms with E-state index >= 15 is 0 Å². The smallest absolute Gasteiger partial charge is 0.223 e. The lowest BCUT2D eigenvalue weighted by atomic mass is 9.81. The zero-order chi connectivity index (χ0) is 15.9. The highest BCUT2D eigenvalue weighted by Gasteiger charge is 2.39. The third kappa shape index (κ3) is 2.33. The van der Waals surface area contributed by atoms with Gasteiger partial charge in [-0.3, -0.25) is 0 Å². The number of nitrogen functional groups attached to an aromatic ring is 1. The summed E-state index contributed by atoms with van der Waals surface area (Å²) in [5, 5.41) is 21.4. The lowest BCUT2D eigenvalue weighted by Gasteiger charge is -2.37. The molecule has 5 heteroatoms. The van der Waals surface area contributed by atoms with Crippen molar-refractivity contribution in [2.24, 2.45) is 0 Å². The highest BCUT2D eigenvalue weighted by atomic mass is 16.5.